The molecule has 1 aliphatic carbocycles. The van der Waals surface area contributed by atoms with Crippen molar-refractivity contribution in [2.24, 2.45) is 0 Å². The fourth-order valence-corrected chi connectivity index (χ4v) is 4.19. The number of carbonyl (C=O) groups excluding carboxylic acids is 1. The van der Waals surface area contributed by atoms with Gasteiger partial charge in [-0.05, 0) is 55.5 Å². The van der Waals surface area contributed by atoms with Crippen LogP contribution in [0.25, 0.3) is 0 Å². The molecule has 0 spiro atoms. The van der Waals surface area contributed by atoms with Gasteiger partial charge in [-0.3, -0.25) is 4.98 Å². The highest BCUT2D eigenvalue weighted by atomic mass is 19.4. The van der Waals surface area contributed by atoms with Gasteiger partial charge in [-0.2, -0.15) is 13.2 Å². The minimum Gasteiger partial charge on any atom is -0.484 e. The molecular weight excluding hydrogens is 452 g/mol. The van der Waals surface area contributed by atoms with Crippen LogP contribution in [-0.2, 0) is 13.1 Å². The van der Waals surface area contributed by atoms with Crippen LogP contribution < -0.4 is 10.1 Å². The minimum absolute atomic E-state index is 0.0417. The molecule has 1 saturated heterocycles. The predicted octanol–water partition coefficient (Wildman–Crippen LogP) is 4.50. The van der Waals surface area contributed by atoms with Crippen LogP contribution in [0, 0.1) is 5.82 Å². The zero-order chi connectivity index (χ0) is 24.1. The third-order valence-electron chi connectivity index (χ3n) is 6.15. The standard InChI is InChI=1S/C24H28F4N4O2/c25-18-3-4-19(29-14-18)15-32(21-9-11-31(12-10-21)20-5-6-20)23(33)30-13-17-1-7-22(8-2-17)34-16-24(26,27)28/h1-4,7-8,14,20-21H,5-6,9-13,15-16H2,(H,30,33). The van der Waals surface area contributed by atoms with Crippen molar-refractivity contribution in [3.8, 4) is 5.75 Å². The lowest BCUT2D eigenvalue weighted by molar-refractivity contribution is -0.153. The predicted molar refractivity (Wildman–Crippen MR) is 118 cm³/mol. The van der Waals surface area contributed by atoms with Crippen molar-refractivity contribution in [2.45, 2.75) is 57.0 Å². The number of nitrogens with zero attached hydrogens (tertiary/aromatic N) is 3. The van der Waals surface area contributed by atoms with Gasteiger partial charge in [0.25, 0.3) is 0 Å². The number of hydrogen-bond donors (Lipinski definition) is 1. The van der Waals surface area contributed by atoms with Gasteiger partial charge in [0.15, 0.2) is 6.61 Å². The molecule has 2 amide bonds. The number of benzene rings is 1. The average molecular weight is 481 g/mol. The number of aromatic nitrogens is 1. The van der Waals surface area contributed by atoms with Crippen molar-refractivity contribution in [1.82, 2.24) is 20.1 Å². The van der Waals surface area contributed by atoms with Crippen LogP contribution in [0.2, 0.25) is 0 Å². The van der Waals surface area contributed by atoms with Gasteiger partial charge < -0.3 is 19.9 Å². The Morgan fingerprint density at radius 3 is 2.38 bits per heavy atom. The van der Waals surface area contributed by atoms with Crippen LogP contribution >= 0.6 is 0 Å². The monoisotopic (exact) mass is 480 g/mol. The number of piperidine rings is 1. The van der Waals surface area contributed by atoms with E-state index in [1.54, 1.807) is 23.1 Å². The normalized spacial score (nSPS) is 17.4. The van der Waals surface area contributed by atoms with Crippen LogP contribution in [0.1, 0.15) is 36.9 Å². The molecule has 0 radical (unpaired) electrons. The van der Waals surface area contributed by atoms with Crippen molar-refractivity contribution in [3.05, 3.63) is 59.7 Å². The van der Waals surface area contributed by atoms with Crippen molar-refractivity contribution >= 4 is 6.03 Å². The number of pyridine rings is 1. The highest BCUT2D eigenvalue weighted by Gasteiger charge is 2.34. The molecule has 1 N–H and O–H groups in total. The number of urea groups is 1. The largest absolute Gasteiger partial charge is 0.484 e. The SMILES string of the molecule is O=C(NCc1ccc(OCC(F)(F)F)cc1)N(Cc1ccc(F)cn1)C1CCN(C2CC2)CC1. The maximum Gasteiger partial charge on any atom is 0.422 e. The number of ether oxygens (including phenoxy) is 1. The van der Waals surface area contributed by atoms with Crippen LogP contribution in [0.3, 0.4) is 0 Å². The molecule has 2 aliphatic rings. The first-order valence-electron chi connectivity index (χ1n) is 11.4. The first-order valence-corrected chi connectivity index (χ1v) is 11.4. The Balaban J connectivity index is 1.36. The highest BCUT2D eigenvalue weighted by Crippen LogP contribution is 2.30. The van der Waals surface area contributed by atoms with E-state index in [4.69, 9.17) is 4.74 Å². The molecule has 0 unspecified atom stereocenters. The summed E-state index contributed by atoms with van der Waals surface area (Å²) in [4.78, 5) is 21.5. The molecule has 2 aromatic rings. The summed E-state index contributed by atoms with van der Waals surface area (Å²) in [5.74, 6) is -0.320. The van der Waals surface area contributed by atoms with E-state index in [9.17, 15) is 22.4 Å². The van der Waals surface area contributed by atoms with E-state index >= 15 is 0 Å². The Kier molecular flexibility index (Phi) is 7.55. The van der Waals surface area contributed by atoms with E-state index < -0.39 is 18.6 Å². The second-order valence-corrected chi connectivity index (χ2v) is 8.80. The lowest BCUT2D eigenvalue weighted by Crippen LogP contribution is -2.50. The third kappa shape index (κ3) is 7.06. The Labute approximate surface area is 195 Å². The molecule has 4 rings (SSSR count). The zero-order valence-electron chi connectivity index (χ0n) is 18.7. The molecule has 1 aromatic carbocycles. The molecule has 2 fully saturated rings. The van der Waals surface area contributed by atoms with Crippen molar-refractivity contribution in [2.75, 3.05) is 19.7 Å². The number of carbonyl (C=O) groups is 1. The quantitative estimate of drug-likeness (QED) is 0.566. The Bertz CT molecular complexity index is 941. The van der Waals surface area contributed by atoms with E-state index in [-0.39, 0.29) is 30.9 Å². The summed E-state index contributed by atoms with van der Waals surface area (Å²) < 4.78 is 54.9. The van der Waals surface area contributed by atoms with E-state index in [0.717, 1.165) is 37.7 Å². The van der Waals surface area contributed by atoms with Crippen molar-refractivity contribution in [1.29, 1.82) is 0 Å². The molecule has 0 bridgehead atoms. The number of rotatable bonds is 8. The molecular formula is C24H28F4N4O2. The van der Waals surface area contributed by atoms with Crippen molar-refractivity contribution in [3.63, 3.8) is 0 Å². The van der Waals surface area contributed by atoms with Gasteiger partial charge in [-0.25, -0.2) is 9.18 Å². The van der Waals surface area contributed by atoms with E-state index in [0.29, 0.717) is 11.7 Å². The van der Waals surface area contributed by atoms with Gasteiger partial charge in [-0.15, -0.1) is 0 Å². The smallest absolute Gasteiger partial charge is 0.422 e. The summed E-state index contributed by atoms with van der Waals surface area (Å²) in [6, 6.07) is 9.50. The van der Waals surface area contributed by atoms with Gasteiger partial charge >= 0.3 is 12.2 Å². The summed E-state index contributed by atoms with van der Waals surface area (Å²) in [7, 11) is 0. The first-order chi connectivity index (χ1) is 16.3. The number of likely N-dealkylation sites (tertiary alicyclic amines) is 1. The maximum absolute atomic E-state index is 13.3. The van der Waals surface area contributed by atoms with E-state index in [1.165, 1.54) is 31.0 Å². The van der Waals surface area contributed by atoms with Gasteiger partial charge in [0, 0.05) is 31.7 Å². The maximum atomic E-state index is 13.3. The first kappa shape index (κ1) is 24.3. The lowest BCUT2D eigenvalue weighted by Gasteiger charge is -2.38. The lowest BCUT2D eigenvalue weighted by atomic mass is 10.0. The van der Waals surface area contributed by atoms with Gasteiger partial charge in [0.1, 0.15) is 11.6 Å². The zero-order valence-corrected chi connectivity index (χ0v) is 18.7. The molecule has 0 atom stereocenters. The second-order valence-electron chi connectivity index (χ2n) is 8.80. The summed E-state index contributed by atoms with van der Waals surface area (Å²) in [6.07, 6.45) is 0.948. The molecule has 10 heteroatoms. The summed E-state index contributed by atoms with van der Waals surface area (Å²) in [5, 5.41) is 2.90. The Morgan fingerprint density at radius 1 is 1.09 bits per heavy atom. The molecule has 1 saturated carbocycles. The number of nitrogens with one attached hydrogen (secondary N) is 1. The summed E-state index contributed by atoms with van der Waals surface area (Å²) in [5.41, 5.74) is 1.34. The fourth-order valence-electron chi connectivity index (χ4n) is 4.19. The Hall–Kier alpha value is -2.88. The third-order valence-corrected chi connectivity index (χ3v) is 6.15. The van der Waals surface area contributed by atoms with Crippen LogP contribution in [-0.4, -0.2) is 58.8 Å². The Morgan fingerprint density at radius 2 is 1.79 bits per heavy atom. The molecule has 2 heterocycles. The van der Waals surface area contributed by atoms with E-state index in [1.807, 2.05) is 0 Å². The number of hydrogen-bond acceptors (Lipinski definition) is 4. The van der Waals surface area contributed by atoms with Crippen molar-refractivity contribution < 1.29 is 27.1 Å². The number of halogens is 4. The van der Waals surface area contributed by atoms with Gasteiger partial charge in [0.05, 0.1) is 18.4 Å². The average Bonchev–Trinajstić information content (AvgIpc) is 3.67. The van der Waals surface area contributed by atoms with Crippen LogP contribution in [0.5, 0.6) is 5.75 Å². The van der Waals surface area contributed by atoms with Gasteiger partial charge in [-0.1, -0.05) is 12.1 Å². The number of amides is 2. The fraction of sp³-hybridized carbons (Fsp3) is 0.500. The minimum atomic E-state index is -4.40. The molecule has 6 nitrogen and oxygen atoms in total. The van der Waals surface area contributed by atoms with Crippen LogP contribution in [0.4, 0.5) is 22.4 Å². The molecule has 184 valence electrons. The number of alkyl halides is 3. The van der Waals surface area contributed by atoms with Crippen LogP contribution in [0.15, 0.2) is 42.6 Å². The second kappa shape index (κ2) is 10.6. The molecule has 1 aromatic heterocycles. The summed E-state index contributed by atoms with van der Waals surface area (Å²) in [6.45, 7) is 1.01. The molecule has 1 aliphatic heterocycles. The summed E-state index contributed by atoms with van der Waals surface area (Å²) >= 11 is 0. The molecule has 34 heavy (non-hydrogen) atoms. The van der Waals surface area contributed by atoms with Gasteiger partial charge in [0.2, 0.25) is 0 Å². The topological polar surface area (TPSA) is 57.7 Å². The van der Waals surface area contributed by atoms with E-state index in [2.05, 4.69) is 15.2 Å². The highest BCUT2D eigenvalue weighted by molar-refractivity contribution is 5.74.